The summed E-state index contributed by atoms with van der Waals surface area (Å²) in [6.45, 7) is 1.94. The van der Waals surface area contributed by atoms with Crippen LogP contribution in [0.3, 0.4) is 0 Å². The molecule has 3 aromatic rings. The zero-order valence-corrected chi connectivity index (χ0v) is 15.1. The third kappa shape index (κ3) is 4.40. The second kappa shape index (κ2) is 7.05. The van der Waals surface area contributed by atoms with Gasteiger partial charge in [0.05, 0.1) is 10.6 Å². The smallest absolute Gasteiger partial charge is 0.326 e. The number of urea groups is 1. The number of hydrogen-bond donors (Lipinski definition) is 4. The number of hydrogen-bond acceptors (Lipinski definition) is 6. The number of sulfonamides is 1. The predicted octanol–water partition coefficient (Wildman–Crippen LogP) is 1.45. The molecule has 0 fully saturated rings. The van der Waals surface area contributed by atoms with Crippen molar-refractivity contribution < 1.29 is 13.2 Å². The summed E-state index contributed by atoms with van der Waals surface area (Å²) in [7, 11) is -3.80. The summed E-state index contributed by atoms with van der Waals surface area (Å²) in [5, 5.41) is 14.3. The quantitative estimate of drug-likeness (QED) is 0.530. The van der Waals surface area contributed by atoms with Gasteiger partial charge in [-0.05, 0) is 43.3 Å². The molecule has 0 saturated heterocycles. The van der Waals surface area contributed by atoms with E-state index in [1.165, 1.54) is 28.9 Å². The van der Waals surface area contributed by atoms with Crippen molar-refractivity contribution >= 4 is 33.6 Å². The number of aromatic nitrogens is 3. The number of carbonyl (C=O) groups is 1. The molecule has 0 radical (unpaired) electrons. The van der Waals surface area contributed by atoms with Crippen molar-refractivity contribution in [2.24, 2.45) is 5.14 Å². The molecule has 3 rings (SSSR count). The van der Waals surface area contributed by atoms with Crippen LogP contribution in [0.2, 0.25) is 0 Å². The number of nitrogen functional groups attached to an aromatic ring is 1. The van der Waals surface area contributed by atoms with E-state index in [0.29, 0.717) is 11.4 Å². The third-order valence-corrected chi connectivity index (χ3v) is 4.51. The van der Waals surface area contributed by atoms with Crippen molar-refractivity contribution in [3.63, 3.8) is 0 Å². The van der Waals surface area contributed by atoms with Crippen LogP contribution in [-0.2, 0) is 10.0 Å². The Morgan fingerprint density at radius 2 is 1.67 bits per heavy atom. The molecule has 0 aliphatic carbocycles. The standard InChI is InChI=1S/C16H17N7O3S/c1-10-2-4-11(5-3-10)19-16(24)21-15-20-14(17)23(22-15)12-6-8-13(9-7-12)27(18,25)26/h2-9H,1H3,(H2,18,25,26)(H4,17,19,20,21,22,24). The summed E-state index contributed by atoms with van der Waals surface area (Å²) in [4.78, 5) is 16.0. The molecule has 6 N–H and O–H groups in total. The first kappa shape index (κ1) is 18.4. The molecule has 0 aliphatic heterocycles. The van der Waals surface area contributed by atoms with Crippen molar-refractivity contribution in [3.8, 4) is 5.69 Å². The van der Waals surface area contributed by atoms with Gasteiger partial charge in [-0.2, -0.15) is 9.67 Å². The Hall–Kier alpha value is -3.44. The van der Waals surface area contributed by atoms with Gasteiger partial charge in [0.1, 0.15) is 0 Å². The van der Waals surface area contributed by atoms with Crippen LogP contribution in [-0.4, -0.2) is 29.2 Å². The maximum absolute atomic E-state index is 12.0. The topological polar surface area (TPSA) is 158 Å². The maximum atomic E-state index is 12.0. The highest BCUT2D eigenvalue weighted by Crippen LogP contribution is 2.16. The number of anilines is 3. The van der Waals surface area contributed by atoms with Crippen LogP contribution < -0.4 is 21.5 Å². The number of benzene rings is 2. The summed E-state index contributed by atoms with van der Waals surface area (Å²) in [6.07, 6.45) is 0. The lowest BCUT2D eigenvalue weighted by molar-refractivity contribution is 0.262. The van der Waals surface area contributed by atoms with Gasteiger partial charge < -0.3 is 11.1 Å². The van der Waals surface area contributed by atoms with Crippen molar-refractivity contribution in [3.05, 3.63) is 54.1 Å². The Balaban J connectivity index is 1.74. The minimum Gasteiger partial charge on any atom is -0.368 e. The number of nitrogens with one attached hydrogen (secondary N) is 2. The molecule has 0 bridgehead atoms. The third-order valence-electron chi connectivity index (χ3n) is 3.58. The number of amides is 2. The molecule has 27 heavy (non-hydrogen) atoms. The molecule has 2 amide bonds. The van der Waals surface area contributed by atoms with Gasteiger partial charge in [0.2, 0.25) is 16.0 Å². The Morgan fingerprint density at radius 1 is 1.04 bits per heavy atom. The zero-order valence-electron chi connectivity index (χ0n) is 14.2. The molecule has 1 aromatic heterocycles. The fourth-order valence-corrected chi connectivity index (χ4v) is 2.76. The van der Waals surface area contributed by atoms with Crippen LogP contribution in [0.1, 0.15) is 5.56 Å². The van der Waals surface area contributed by atoms with E-state index < -0.39 is 16.1 Å². The number of primary sulfonamides is 1. The number of nitrogens with zero attached hydrogens (tertiary/aromatic N) is 3. The van der Waals surface area contributed by atoms with Gasteiger partial charge in [-0.3, -0.25) is 5.32 Å². The van der Waals surface area contributed by atoms with E-state index in [4.69, 9.17) is 10.9 Å². The first-order chi connectivity index (χ1) is 12.7. The number of rotatable bonds is 4. The minimum absolute atomic E-state index is 0.00682. The van der Waals surface area contributed by atoms with Crippen LogP contribution in [0.5, 0.6) is 0 Å². The second-order valence-corrected chi connectivity index (χ2v) is 7.25. The fraction of sp³-hybridized carbons (Fsp3) is 0.0625. The zero-order chi connectivity index (χ0) is 19.6. The Labute approximate surface area is 155 Å². The van der Waals surface area contributed by atoms with Gasteiger partial charge in [-0.15, -0.1) is 5.10 Å². The lowest BCUT2D eigenvalue weighted by atomic mass is 10.2. The molecule has 140 valence electrons. The van der Waals surface area contributed by atoms with Crippen molar-refractivity contribution in [2.45, 2.75) is 11.8 Å². The second-order valence-electron chi connectivity index (χ2n) is 5.69. The average Bonchev–Trinajstić information content (AvgIpc) is 2.96. The highest BCUT2D eigenvalue weighted by Gasteiger charge is 2.13. The maximum Gasteiger partial charge on any atom is 0.326 e. The molecule has 0 aliphatic rings. The molecule has 11 heteroatoms. The SMILES string of the molecule is Cc1ccc(NC(=O)Nc2nc(N)n(-c3ccc(S(N)(=O)=O)cc3)n2)cc1. The first-order valence-electron chi connectivity index (χ1n) is 7.73. The van der Waals surface area contributed by atoms with E-state index >= 15 is 0 Å². The summed E-state index contributed by atoms with van der Waals surface area (Å²) in [5.41, 5.74) is 7.96. The Bertz CT molecular complexity index is 1070. The predicted molar refractivity (Wildman–Crippen MR) is 101 cm³/mol. The fourth-order valence-electron chi connectivity index (χ4n) is 2.24. The number of nitrogens with two attached hydrogens (primary N) is 2. The molecule has 0 spiro atoms. The van der Waals surface area contributed by atoms with E-state index in [0.717, 1.165) is 5.56 Å². The normalized spacial score (nSPS) is 11.2. The molecular weight excluding hydrogens is 370 g/mol. The van der Waals surface area contributed by atoms with Gasteiger partial charge >= 0.3 is 6.03 Å². The number of carbonyl (C=O) groups excluding carboxylic acids is 1. The lowest BCUT2D eigenvalue weighted by Gasteiger charge is -2.05. The molecular formula is C16H17N7O3S. The molecule has 0 atom stereocenters. The summed E-state index contributed by atoms with van der Waals surface area (Å²) in [5.74, 6) is 0.0108. The van der Waals surface area contributed by atoms with E-state index in [9.17, 15) is 13.2 Å². The summed E-state index contributed by atoms with van der Waals surface area (Å²) in [6, 6.07) is 12.3. The van der Waals surface area contributed by atoms with Crippen LogP contribution in [0.25, 0.3) is 5.69 Å². The van der Waals surface area contributed by atoms with Gasteiger partial charge in [0.15, 0.2) is 0 Å². The monoisotopic (exact) mass is 387 g/mol. The van der Waals surface area contributed by atoms with Gasteiger partial charge in [0.25, 0.3) is 5.95 Å². The van der Waals surface area contributed by atoms with Crippen LogP contribution in [0, 0.1) is 6.92 Å². The number of aryl methyl sites for hydroxylation is 1. The Morgan fingerprint density at radius 3 is 2.26 bits per heavy atom. The Kier molecular flexibility index (Phi) is 4.79. The molecule has 10 nitrogen and oxygen atoms in total. The van der Waals surface area contributed by atoms with E-state index in [2.05, 4.69) is 20.7 Å². The molecule has 0 saturated carbocycles. The van der Waals surface area contributed by atoms with Gasteiger partial charge in [-0.1, -0.05) is 17.7 Å². The van der Waals surface area contributed by atoms with Crippen molar-refractivity contribution in [1.29, 1.82) is 0 Å². The van der Waals surface area contributed by atoms with Crippen molar-refractivity contribution in [1.82, 2.24) is 14.8 Å². The molecule has 0 unspecified atom stereocenters. The summed E-state index contributed by atoms with van der Waals surface area (Å²) < 4.78 is 23.9. The first-order valence-corrected chi connectivity index (χ1v) is 9.27. The minimum atomic E-state index is -3.80. The average molecular weight is 387 g/mol. The lowest BCUT2D eigenvalue weighted by Crippen LogP contribution is -2.20. The van der Waals surface area contributed by atoms with E-state index in [-0.39, 0.29) is 16.8 Å². The van der Waals surface area contributed by atoms with Gasteiger partial charge in [-0.25, -0.2) is 18.4 Å². The highest BCUT2D eigenvalue weighted by molar-refractivity contribution is 7.89. The summed E-state index contributed by atoms with van der Waals surface area (Å²) >= 11 is 0. The van der Waals surface area contributed by atoms with E-state index in [1.807, 2.05) is 19.1 Å². The molecule has 2 aromatic carbocycles. The van der Waals surface area contributed by atoms with Gasteiger partial charge in [0, 0.05) is 5.69 Å². The molecule has 1 heterocycles. The largest absolute Gasteiger partial charge is 0.368 e. The van der Waals surface area contributed by atoms with Crippen molar-refractivity contribution in [2.75, 3.05) is 16.4 Å². The van der Waals surface area contributed by atoms with Crippen LogP contribution >= 0.6 is 0 Å². The highest BCUT2D eigenvalue weighted by atomic mass is 32.2. The van der Waals surface area contributed by atoms with Crippen LogP contribution in [0.15, 0.2) is 53.4 Å². The van der Waals surface area contributed by atoms with Crippen LogP contribution in [0.4, 0.5) is 22.4 Å². The van der Waals surface area contributed by atoms with E-state index in [1.54, 1.807) is 12.1 Å².